The Bertz CT molecular complexity index is 787. The Hall–Kier alpha value is -3.12. The summed E-state index contributed by atoms with van der Waals surface area (Å²) < 4.78 is 10.8. The quantitative estimate of drug-likeness (QED) is 0.504. The SMILES string of the molecule is O=C(NOCCc1cc(COc2ccccc2)no1)c1ccccc1. The first-order chi connectivity index (χ1) is 12.3. The van der Waals surface area contributed by atoms with Gasteiger partial charge in [0.25, 0.3) is 5.91 Å². The van der Waals surface area contributed by atoms with Gasteiger partial charge in [-0.05, 0) is 24.3 Å². The molecule has 0 fully saturated rings. The molecule has 1 heterocycles. The van der Waals surface area contributed by atoms with E-state index in [0.717, 1.165) is 5.75 Å². The molecule has 0 aliphatic heterocycles. The first-order valence-electron chi connectivity index (χ1n) is 7.91. The van der Waals surface area contributed by atoms with Gasteiger partial charge in [-0.15, -0.1) is 0 Å². The van der Waals surface area contributed by atoms with Gasteiger partial charge < -0.3 is 9.26 Å². The number of para-hydroxylation sites is 1. The topological polar surface area (TPSA) is 73.6 Å². The summed E-state index contributed by atoms with van der Waals surface area (Å²) in [6.45, 7) is 0.617. The molecule has 0 bridgehead atoms. The van der Waals surface area contributed by atoms with E-state index in [1.165, 1.54) is 0 Å². The van der Waals surface area contributed by atoms with Crippen LogP contribution in [0.1, 0.15) is 21.8 Å². The van der Waals surface area contributed by atoms with Crippen LogP contribution in [-0.2, 0) is 17.9 Å². The van der Waals surface area contributed by atoms with Gasteiger partial charge in [0.05, 0.1) is 6.61 Å². The monoisotopic (exact) mass is 338 g/mol. The first-order valence-corrected chi connectivity index (χ1v) is 7.91. The van der Waals surface area contributed by atoms with Crippen LogP contribution in [0, 0.1) is 0 Å². The highest BCUT2D eigenvalue weighted by molar-refractivity contribution is 5.93. The lowest BCUT2D eigenvalue weighted by Crippen LogP contribution is -2.24. The smallest absolute Gasteiger partial charge is 0.274 e. The fourth-order valence-corrected chi connectivity index (χ4v) is 2.13. The summed E-state index contributed by atoms with van der Waals surface area (Å²) in [5, 5.41) is 3.95. The molecule has 25 heavy (non-hydrogen) atoms. The van der Waals surface area contributed by atoms with E-state index in [4.69, 9.17) is 14.1 Å². The zero-order valence-electron chi connectivity index (χ0n) is 13.6. The predicted octanol–water partition coefficient (Wildman–Crippen LogP) is 3.16. The van der Waals surface area contributed by atoms with Gasteiger partial charge in [0.15, 0.2) is 0 Å². The van der Waals surface area contributed by atoms with Crippen molar-refractivity contribution < 1.29 is 18.9 Å². The summed E-state index contributed by atoms with van der Waals surface area (Å²) in [6.07, 6.45) is 0.493. The molecule has 0 aliphatic carbocycles. The van der Waals surface area contributed by atoms with Crippen molar-refractivity contribution in [3.8, 4) is 5.75 Å². The number of rotatable bonds is 8. The Morgan fingerprint density at radius 2 is 1.76 bits per heavy atom. The maximum absolute atomic E-state index is 11.8. The minimum atomic E-state index is -0.282. The fourth-order valence-electron chi connectivity index (χ4n) is 2.13. The lowest BCUT2D eigenvalue weighted by Gasteiger charge is -2.04. The molecule has 0 radical (unpaired) electrons. The zero-order valence-corrected chi connectivity index (χ0v) is 13.6. The molecule has 1 aromatic heterocycles. The van der Waals surface area contributed by atoms with Crippen molar-refractivity contribution in [3.63, 3.8) is 0 Å². The van der Waals surface area contributed by atoms with Gasteiger partial charge in [-0.1, -0.05) is 41.6 Å². The number of carbonyl (C=O) groups excluding carboxylic acids is 1. The van der Waals surface area contributed by atoms with E-state index in [-0.39, 0.29) is 12.5 Å². The second-order valence-electron chi connectivity index (χ2n) is 5.28. The normalized spacial score (nSPS) is 10.4. The lowest BCUT2D eigenvalue weighted by atomic mass is 10.2. The first kappa shape index (κ1) is 16.7. The number of ether oxygens (including phenoxy) is 1. The molecule has 0 spiro atoms. The van der Waals surface area contributed by atoms with Gasteiger partial charge >= 0.3 is 0 Å². The molecule has 6 nitrogen and oxygen atoms in total. The van der Waals surface area contributed by atoms with Crippen molar-refractivity contribution in [2.24, 2.45) is 0 Å². The zero-order chi connectivity index (χ0) is 17.3. The number of carbonyl (C=O) groups is 1. The summed E-state index contributed by atoms with van der Waals surface area (Å²) in [5.74, 6) is 1.16. The number of aromatic nitrogens is 1. The van der Waals surface area contributed by atoms with Crippen molar-refractivity contribution in [1.82, 2.24) is 10.6 Å². The minimum absolute atomic E-state index is 0.282. The van der Waals surface area contributed by atoms with E-state index in [1.807, 2.05) is 42.5 Å². The second kappa shape index (κ2) is 8.65. The van der Waals surface area contributed by atoms with Gasteiger partial charge in [0, 0.05) is 18.1 Å². The van der Waals surface area contributed by atoms with Crippen LogP contribution in [0.25, 0.3) is 0 Å². The molecule has 1 N–H and O–H groups in total. The van der Waals surface area contributed by atoms with Crippen LogP contribution in [0.5, 0.6) is 5.75 Å². The van der Waals surface area contributed by atoms with Gasteiger partial charge in [0.1, 0.15) is 23.8 Å². The molecular formula is C19H18N2O4. The Morgan fingerprint density at radius 3 is 2.52 bits per heavy atom. The number of nitrogens with zero attached hydrogens (tertiary/aromatic N) is 1. The number of hydrogen-bond donors (Lipinski definition) is 1. The Labute approximate surface area is 145 Å². The van der Waals surface area contributed by atoms with Crippen LogP contribution in [-0.4, -0.2) is 17.7 Å². The van der Waals surface area contributed by atoms with E-state index in [2.05, 4.69) is 10.6 Å². The van der Waals surface area contributed by atoms with E-state index >= 15 is 0 Å². The molecule has 128 valence electrons. The molecule has 0 unspecified atom stereocenters. The van der Waals surface area contributed by atoms with Gasteiger partial charge in [-0.3, -0.25) is 9.63 Å². The summed E-state index contributed by atoms with van der Waals surface area (Å²) in [6, 6.07) is 20.2. The van der Waals surface area contributed by atoms with Crippen LogP contribution in [0.3, 0.4) is 0 Å². The van der Waals surface area contributed by atoms with Crippen molar-refractivity contribution in [2.75, 3.05) is 6.61 Å². The van der Waals surface area contributed by atoms with Gasteiger partial charge in [-0.25, -0.2) is 5.48 Å². The summed E-state index contributed by atoms with van der Waals surface area (Å²) in [4.78, 5) is 17.0. The van der Waals surface area contributed by atoms with Crippen molar-refractivity contribution in [1.29, 1.82) is 0 Å². The Morgan fingerprint density at radius 1 is 1.04 bits per heavy atom. The van der Waals surface area contributed by atoms with Gasteiger partial charge in [-0.2, -0.15) is 0 Å². The highest BCUT2D eigenvalue weighted by Gasteiger charge is 2.07. The third-order valence-electron chi connectivity index (χ3n) is 3.39. The maximum atomic E-state index is 11.8. The molecule has 3 rings (SSSR count). The fraction of sp³-hybridized carbons (Fsp3) is 0.158. The van der Waals surface area contributed by atoms with Crippen LogP contribution in [0.2, 0.25) is 0 Å². The second-order valence-corrected chi connectivity index (χ2v) is 5.28. The lowest BCUT2D eigenvalue weighted by molar-refractivity contribution is 0.0309. The molecule has 1 amide bonds. The third-order valence-corrected chi connectivity index (χ3v) is 3.39. The van der Waals surface area contributed by atoms with E-state index in [9.17, 15) is 4.79 Å². The maximum Gasteiger partial charge on any atom is 0.274 e. The highest BCUT2D eigenvalue weighted by atomic mass is 16.7. The van der Waals surface area contributed by atoms with Crippen LogP contribution >= 0.6 is 0 Å². The Balaban J connectivity index is 1.38. The Kier molecular flexibility index (Phi) is 5.79. The minimum Gasteiger partial charge on any atom is -0.487 e. The average Bonchev–Trinajstić information content (AvgIpc) is 3.13. The largest absolute Gasteiger partial charge is 0.487 e. The number of benzene rings is 2. The number of hydroxylamine groups is 1. The molecular weight excluding hydrogens is 320 g/mol. The molecule has 3 aromatic rings. The van der Waals surface area contributed by atoms with Crippen LogP contribution in [0.15, 0.2) is 71.3 Å². The van der Waals surface area contributed by atoms with E-state index in [1.54, 1.807) is 24.3 Å². The van der Waals surface area contributed by atoms with Crippen LogP contribution < -0.4 is 10.2 Å². The van der Waals surface area contributed by atoms with E-state index < -0.39 is 0 Å². The molecule has 0 saturated carbocycles. The summed E-state index contributed by atoms with van der Waals surface area (Å²) in [7, 11) is 0. The third kappa shape index (κ3) is 5.19. The molecule has 6 heteroatoms. The standard InChI is InChI=1S/C19H18N2O4/c22-19(15-7-3-1-4-8-15)21-24-12-11-18-13-16(20-25-18)14-23-17-9-5-2-6-10-17/h1-10,13H,11-12,14H2,(H,21,22). The molecule has 2 aromatic carbocycles. The number of nitrogens with one attached hydrogen (secondary N) is 1. The number of amides is 1. The molecule has 0 atom stereocenters. The summed E-state index contributed by atoms with van der Waals surface area (Å²) in [5.41, 5.74) is 3.64. The van der Waals surface area contributed by atoms with Crippen molar-refractivity contribution in [3.05, 3.63) is 83.7 Å². The summed E-state index contributed by atoms with van der Waals surface area (Å²) >= 11 is 0. The highest BCUT2D eigenvalue weighted by Crippen LogP contribution is 2.12. The van der Waals surface area contributed by atoms with Crippen molar-refractivity contribution >= 4 is 5.91 Å². The number of hydrogen-bond acceptors (Lipinski definition) is 5. The average molecular weight is 338 g/mol. The predicted molar refractivity (Wildman–Crippen MR) is 90.8 cm³/mol. The van der Waals surface area contributed by atoms with Crippen molar-refractivity contribution in [2.45, 2.75) is 13.0 Å². The molecule has 0 aliphatic rings. The van der Waals surface area contributed by atoms with Crippen LogP contribution in [0.4, 0.5) is 0 Å². The van der Waals surface area contributed by atoms with Gasteiger partial charge in [0.2, 0.25) is 0 Å². The van der Waals surface area contributed by atoms with E-state index in [0.29, 0.717) is 30.0 Å². The molecule has 0 saturated heterocycles.